The summed E-state index contributed by atoms with van der Waals surface area (Å²) in [6, 6.07) is 8.53. The predicted octanol–water partition coefficient (Wildman–Crippen LogP) is 3.38. The SMILES string of the molecule is CC[C@H](CO)NC(=O)Nc1ccc(C)c(Oc2cc(C)ccn2)c1. The van der Waals surface area contributed by atoms with E-state index in [2.05, 4.69) is 15.6 Å². The molecule has 0 saturated carbocycles. The molecule has 0 spiro atoms. The number of aliphatic hydroxyl groups is 1. The van der Waals surface area contributed by atoms with Crippen LogP contribution in [0.2, 0.25) is 0 Å². The van der Waals surface area contributed by atoms with Crippen molar-refractivity contribution in [3.63, 3.8) is 0 Å². The second-order valence-corrected chi connectivity index (χ2v) is 5.64. The molecule has 0 unspecified atom stereocenters. The van der Waals surface area contributed by atoms with Gasteiger partial charge in [0.25, 0.3) is 0 Å². The summed E-state index contributed by atoms with van der Waals surface area (Å²) in [5.41, 5.74) is 2.60. The maximum atomic E-state index is 12.0. The van der Waals surface area contributed by atoms with Gasteiger partial charge in [0.1, 0.15) is 5.75 Å². The third-order valence-electron chi connectivity index (χ3n) is 3.60. The third-order valence-corrected chi connectivity index (χ3v) is 3.60. The van der Waals surface area contributed by atoms with Crippen molar-refractivity contribution >= 4 is 11.7 Å². The van der Waals surface area contributed by atoms with Gasteiger partial charge in [0.2, 0.25) is 5.88 Å². The molecule has 24 heavy (non-hydrogen) atoms. The van der Waals surface area contributed by atoms with Gasteiger partial charge in [-0.3, -0.25) is 0 Å². The molecule has 0 radical (unpaired) electrons. The minimum Gasteiger partial charge on any atom is -0.439 e. The van der Waals surface area contributed by atoms with Crippen molar-refractivity contribution < 1.29 is 14.6 Å². The lowest BCUT2D eigenvalue weighted by Crippen LogP contribution is -2.39. The molecule has 1 heterocycles. The third kappa shape index (κ3) is 4.96. The average Bonchev–Trinajstić information content (AvgIpc) is 2.56. The van der Waals surface area contributed by atoms with Gasteiger partial charge in [0, 0.05) is 24.0 Å². The van der Waals surface area contributed by atoms with Crippen molar-refractivity contribution in [2.75, 3.05) is 11.9 Å². The summed E-state index contributed by atoms with van der Waals surface area (Å²) in [7, 11) is 0. The molecule has 0 aliphatic carbocycles. The maximum absolute atomic E-state index is 12.0. The van der Waals surface area contributed by atoms with Crippen LogP contribution in [-0.4, -0.2) is 28.8 Å². The first-order valence-electron chi connectivity index (χ1n) is 7.91. The van der Waals surface area contributed by atoms with Gasteiger partial charge in [0.05, 0.1) is 12.6 Å². The zero-order valence-electron chi connectivity index (χ0n) is 14.2. The molecular formula is C18H23N3O3. The van der Waals surface area contributed by atoms with E-state index in [4.69, 9.17) is 9.84 Å². The van der Waals surface area contributed by atoms with Gasteiger partial charge in [-0.2, -0.15) is 0 Å². The average molecular weight is 329 g/mol. The van der Waals surface area contributed by atoms with E-state index < -0.39 is 0 Å². The number of benzene rings is 1. The summed E-state index contributed by atoms with van der Waals surface area (Å²) in [6.45, 7) is 5.70. The van der Waals surface area contributed by atoms with Crippen molar-refractivity contribution in [3.8, 4) is 11.6 Å². The first kappa shape index (κ1) is 17.7. The van der Waals surface area contributed by atoms with Gasteiger partial charge in [-0.25, -0.2) is 9.78 Å². The zero-order valence-corrected chi connectivity index (χ0v) is 14.2. The quantitative estimate of drug-likeness (QED) is 0.758. The number of nitrogens with one attached hydrogen (secondary N) is 2. The van der Waals surface area contributed by atoms with Crippen LogP contribution in [0.3, 0.4) is 0 Å². The molecule has 6 nitrogen and oxygen atoms in total. The van der Waals surface area contributed by atoms with Crippen LogP contribution in [0.15, 0.2) is 36.5 Å². The summed E-state index contributed by atoms with van der Waals surface area (Å²) < 4.78 is 5.81. The number of pyridine rings is 1. The van der Waals surface area contributed by atoms with E-state index in [0.29, 0.717) is 23.7 Å². The smallest absolute Gasteiger partial charge is 0.319 e. The van der Waals surface area contributed by atoms with E-state index in [1.165, 1.54) is 0 Å². The van der Waals surface area contributed by atoms with Crippen molar-refractivity contribution in [2.45, 2.75) is 33.2 Å². The summed E-state index contributed by atoms with van der Waals surface area (Å²) in [5, 5.41) is 14.6. The molecule has 1 aromatic heterocycles. The lowest BCUT2D eigenvalue weighted by molar-refractivity contribution is 0.222. The molecule has 6 heteroatoms. The molecular weight excluding hydrogens is 306 g/mol. The molecule has 0 aliphatic heterocycles. The fourth-order valence-electron chi connectivity index (χ4n) is 2.09. The highest BCUT2D eigenvalue weighted by Crippen LogP contribution is 2.27. The zero-order chi connectivity index (χ0) is 17.5. The summed E-state index contributed by atoms with van der Waals surface area (Å²) in [4.78, 5) is 16.1. The number of hydrogen-bond acceptors (Lipinski definition) is 4. The van der Waals surface area contributed by atoms with Crippen LogP contribution in [0.4, 0.5) is 10.5 Å². The van der Waals surface area contributed by atoms with Gasteiger partial charge in [-0.05, 0) is 43.5 Å². The molecule has 1 atom stereocenters. The number of nitrogens with zero attached hydrogens (tertiary/aromatic N) is 1. The number of anilines is 1. The molecule has 128 valence electrons. The van der Waals surface area contributed by atoms with Gasteiger partial charge < -0.3 is 20.5 Å². The van der Waals surface area contributed by atoms with Crippen molar-refractivity contribution in [2.24, 2.45) is 0 Å². The largest absolute Gasteiger partial charge is 0.439 e. The normalized spacial score (nSPS) is 11.7. The van der Waals surface area contributed by atoms with Crippen LogP contribution in [0.5, 0.6) is 11.6 Å². The Labute approximate surface area is 141 Å². The minimum atomic E-state index is -0.362. The van der Waals surface area contributed by atoms with Crippen LogP contribution in [0.1, 0.15) is 24.5 Å². The highest BCUT2D eigenvalue weighted by molar-refractivity contribution is 5.89. The van der Waals surface area contributed by atoms with Gasteiger partial charge in [-0.15, -0.1) is 0 Å². The molecule has 0 aliphatic rings. The van der Waals surface area contributed by atoms with Gasteiger partial charge in [0.15, 0.2) is 0 Å². The van der Waals surface area contributed by atoms with E-state index in [0.717, 1.165) is 11.1 Å². The number of ether oxygens (including phenoxy) is 1. The lowest BCUT2D eigenvalue weighted by atomic mass is 10.2. The number of carbonyl (C=O) groups is 1. The molecule has 3 N–H and O–H groups in total. The van der Waals surface area contributed by atoms with Gasteiger partial charge in [-0.1, -0.05) is 13.0 Å². The fourth-order valence-corrected chi connectivity index (χ4v) is 2.09. The number of carbonyl (C=O) groups excluding carboxylic acids is 1. The molecule has 1 aromatic carbocycles. The molecule has 0 fully saturated rings. The van der Waals surface area contributed by atoms with E-state index in [-0.39, 0.29) is 18.7 Å². The lowest BCUT2D eigenvalue weighted by Gasteiger charge is -2.15. The number of hydrogen-bond donors (Lipinski definition) is 3. The Morgan fingerprint density at radius 3 is 2.75 bits per heavy atom. The Hall–Kier alpha value is -2.60. The number of aryl methyl sites for hydroxylation is 2. The molecule has 2 amide bonds. The Morgan fingerprint density at radius 1 is 1.29 bits per heavy atom. The number of aliphatic hydroxyl groups excluding tert-OH is 1. The second-order valence-electron chi connectivity index (χ2n) is 5.64. The Balaban J connectivity index is 2.09. The molecule has 0 saturated heterocycles. The topological polar surface area (TPSA) is 83.5 Å². The second kappa shape index (κ2) is 8.31. The number of amides is 2. The van der Waals surface area contributed by atoms with Crippen molar-refractivity contribution in [1.82, 2.24) is 10.3 Å². The van der Waals surface area contributed by atoms with Crippen molar-refractivity contribution in [1.29, 1.82) is 0 Å². The molecule has 2 aromatic rings. The fraction of sp³-hybridized carbons (Fsp3) is 0.333. The van der Waals surface area contributed by atoms with Crippen LogP contribution in [0.25, 0.3) is 0 Å². The minimum absolute atomic E-state index is 0.0921. The van der Waals surface area contributed by atoms with Crippen LogP contribution < -0.4 is 15.4 Å². The van der Waals surface area contributed by atoms with E-state index in [1.807, 2.05) is 39.0 Å². The molecule has 2 rings (SSSR count). The summed E-state index contributed by atoms with van der Waals surface area (Å²) in [6.07, 6.45) is 2.35. The Kier molecular flexibility index (Phi) is 6.14. The Bertz CT molecular complexity index is 700. The predicted molar refractivity (Wildman–Crippen MR) is 93.5 cm³/mol. The number of urea groups is 1. The standard InChI is InChI=1S/C18H23N3O3/c1-4-14(11-22)20-18(23)21-15-6-5-13(3)16(10-15)24-17-9-12(2)7-8-19-17/h5-10,14,22H,4,11H2,1-3H3,(H2,20,21,23)/t14-/m1/s1. The van der Waals surface area contributed by atoms with Crippen LogP contribution in [-0.2, 0) is 0 Å². The van der Waals surface area contributed by atoms with Crippen LogP contribution in [0, 0.1) is 13.8 Å². The van der Waals surface area contributed by atoms with E-state index in [9.17, 15) is 4.79 Å². The number of aromatic nitrogens is 1. The Morgan fingerprint density at radius 2 is 2.08 bits per heavy atom. The van der Waals surface area contributed by atoms with Crippen molar-refractivity contribution in [3.05, 3.63) is 47.7 Å². The van der Waals surface area contributed by atoms with E-state index in [1.54, 1.807) is 18.3 Å². The summed E-state index contributed by atoms with van der Waals surface area (Å²) in [5.74, 6) is 1.13. The molecule has 0 bridgehead atoms. The van der Waals surface area contributed by atoms with Crippen LogP contribution >= 0.6 is 0 Å². The monoisotopic (exact) mass is 329 g/mol. The highest BCUT2D eigenvalue weighted by Gasteiger charge is 2.10. The highest BCUT2D eigenvalue weighted by atomic mass is 16.5. The summed E-state index contributed by atoms with van der Waals surface area (Å²) >= 11 is 0. The number of rotatable bonds is 6. The maximum Gasteiger partial charge on any atom is 0.319 e. The van der Waals surface area contributed by atoms with E-state index >= 15 is 0 Å². The van der Waals surface area contributed by atoms with Gasteiger partial charge >= 0.3 is 6.03 Å². The first-order chi connectivity index (χ1) is 11.5. The first-order valence-corrected chi connectivity index (χ1v) is 7.91.